The van der Waals surface area contributed by atoms with E-state index in [9.17, 15) is 4.79 Å². The second kappa shape index (κ2) is 14.4. The summed E-state index contributed by atoms with van der Waals surface area (Å²) in [5.74, 6) is 2.81. The Hall–Kier alpha value is -2.66. The van der Waals surface area contributed by atoms with Crippen molar-refractivity contribution >= 4 is 17.4 Å². The average Bonchev–Trinajstić information content (AvgIpc) is 2.74. The fourth-order valence-electron chi connectivity index (χ4n) is 2.45. The Bertz CT molecular complexity index is 851. The number of benzene rings is 1. The second-order valence-electron chi connectivity index (χ2n) is 5.82. The molecule has 1 aromatic heterocycles. The number of ether oxygens (including phenoxy) is 1. The molecule has 0 saturated carbocycles. The van der Waals surface area contributed by atoms with E-state index in [1.807, 2.05) is 50.5 Å². The zero-order valence-electron chi connectivity index (χ0n) is 17.7. The van der Waals surface area contributed by atoms with Gasteiger partial charge in [0, 0.05) is 17.8 Å². The van der Waals surface area contributed by atoms with Crippen molar-refractivity contribution < 1.29 is 9.15 Å². The lowest BCUT2D eigenvalue weighted by Gasteiger charge is -2.08. The molecule has 5 heteroatoms. The summed E-state index contributed by atoms with van der Waals surface area (Å²) in [6.45, 7) is 8.13. The highest BCUT2D eigenvalue weighted by molar-refractivity contribution is 7.97. The monoisotopic (exact) mass is 413 g/mol. The highest BCUT2D eigenvalue weighted by Crippen LogP contribution is 2.14. The summed E-state index contributed by atoms with van der Waals surface area (Å²) in [5, 5.41) is 3.29. The van der Waals surface area contributed by atoms with Crippen molar-refractivity contribution in [2.45, 2.75) is 32.6 Å². The molecule has 0 unspecified atom stereocenters. The lowest BCUT2D eigenvalue weighted by Crippen LogP contribution is -2.06. The molecule has 0 atom stereocenters. The van der Waals surface area contributed by atoms with Crippen LogP contribution in [-0.4, -0.2) is 13.4 Å². The molecule has 1 aromatic carbocycles. The van der Waals surface area contributed by atoms with Crippen LogP contribution < -0.4 is 10.7 Å². The standard InChI is InChI=1S/C22H25NO3S.C2H6/c1-4-6-20(25-2)8-5-7-17-9-11-18(12-10-17)23-15-21-13-19(24)14-22(26-21)16-27-3;1-2/h4-6,8-14,23H,1,7,15-16H2,2-3H3;1-2H3/b8-5-,20-6+;. The Morgan fingerprint density at radius 3 is 2.52 bits per heavy atom. The Kier molecular flexibility index (Phi) is 12.1. The molecule has 0 saturated heterocycles. The van der Waals surface area contributed by atoms with Gasteiger partial charge in [0.15, 0.2) is 5.43 Å². The van der Waals surface area contributed by atoms with Crippen molar-refractivity contribution in [1.82, 2.24) is 0 Å². The van der Waals surface area contributed by atoms with Crippen molar-refractivity contribution in [3.8, 4) is 0 Å². The molecule has 4 nitrogen and oxygen atoms in total. The summed E-state index contributed by atoms with van der Waals surface area (Å²) in [5.41, 5.74) is 2.15. The Labute approximate surface area is 178 Å². The number of hydrogen-bond donors (Lipinski definition) is 1. The van der Waals surface area contributed by atoms with E-state index >= 15 is 0 Å². The molecule has 0 aliphatic carbocycles. The van der Waals surface area contributed by atoms with Gasteiger partial charge in [0.05, 0.1) is 19.4 Å². The molecule has 1 N–H and O–H groups in total. The third-order valence-corrected chi connectivity index (χ3v) is 4.30. The van der Waals surface area contributed by atoms with E-state index in [1.165, 1.54) is 11.6 Å². The molecule has 0 fully saturated rings. The zero-order valence-corrected chi connectivity index (χ0v) is 18.6. The van der Waals surface area contributed by atoms with E-state index in [0.717, 1.165) is 17.9 Å². The van der Waals surface area contributed by atoms with Crippen molar-refractivity contribution in [3.63, 3.8) is 0 Å². The predicted octanol–water partition coefficient (Wildman–Crippen LogP) is 5.96. The Balaban J connectivity index is 0.00000204. The summed E-state index contributed by atoms with van der Waals surface area (Å²) in [6, 6.07) is 11.2. The maximum absolute atomic E-state index is 11.7. The topological polar surface area (TPSA) is 51.5 Å². The van der Waals surface area contributed by atoms with Crippen LogP contribution in [0.4, 0.5) is 5.69 Å². The molecule has 2 aromatic rings. The van der Waals surface area contributed by atoms with E-state index in [2.05, 4.69) is 24.0 Å². The lowest BCUT2D eigenvalue weighted by molar-refractivity contribution is 0.307. The minimum Gasteiger partial charge on any atom is -0.497 e. The van der Waals surface area contributed by atoms with Gasteiger partial charge in [0.2, 0.25) is 0 Å². The molecule has 0 bridgehead atoms. The van der Waals surface area contributed by atoms with Gasteiger partial charge < -0.3 is 14.5 Å². The van der Waals surface area contributed by atoms with E-state index in [-0.39, 0.29) is 5.43 Å². The van der Waals surface area contributed by atoms with Crippen molar-refractivity contribution in [1.29, 1.82) is 0 Å². The van der Waals surface area contributed by atoms with Gasteiger partial charge in [0.25, 0.3) is 0 Å². The van der Waals surface area contributed by atoms with Gasteiger partial charge >= 0.3 is 0 Å². The van der Waals surface area contributed by atoms with Crippen LogP contribution in [0, 0.1) is 0 Å². The van der Waals surface area contributed by atoms with Crippen LogP contribution >= 0.6 is 11.8 Å². The van der Waals surface area contributed by atoms with Crippen LogP contribution in [0.15, 0.2) is 82.3 Å². The molecule has 0 aliphatic heterocycles. The molecule has 0 radical (unpaired) electrons. The quantitative estimate of drug-likeness (QED) is 0.385. The normalized spacial score (nSPS) is 11.0. The molecule has 156 valence electrons. The third kappa shape index (κ3) is 9.39. The first-order valence-corrected chi connectivity index (χ1v) is 11.0. The number of thioether (sulfide) groups is 1. The maximum atomic E-state index is 11.7. The summed E-state index contributed by atoms with van der Waals surface area (Å²) < 4.78 is 10.9. The molecule has 1 heterocycles. The van der Waals surface area contributed by atoms with E-state index in [1.54, 1.807) is 31.0 Å². The van der Waals surface area contributed by atoms with Crippen molar-refractivity contribution in [2.75, 3.05) is 18.7 Å². The fraction of sp³-hybridized carbons (Fsp3) is 0.292. The van der Waals surface area contributed by atoms with Crippen molar-refractivity contribution in [3.05, 3.63) is 100 Å². The summed E-state index contributed by atoms with van der Waals surface area (Å²) in [4.78, 5) is 11.7. The van der Waals surface area contributed by atoms with Crippen LogP contribution in [-0.2, 0) is 23.5 Å². The highest BCUT2D eigenvalue weighted by Gasteiger charge is 2.02. The maximum Gasteiger partial charge on any atom is 0.185 e. The van der Waals surface area contributed by atoms with Gasteiger partial charge in [-0.1, -0.05) is 44.7 Å². The number of nitrogens with one attached hydrogen (secondary N) is 1. The van der Waals surface area contributed by atoms with Crippen LogP contribution in [0.5, 0.6) is 0 Å². The van der Waals surface area contributed by atoms with Crippen LogP contribution in [0.25, 0.3) is 0 Å². The second-order valence-corrected chi connectivity index (χ2v) is 6.69. The average molecular weight is 414 g/mol. The fourth-order valence-corrected chi connectivity index (χ4v) is 2.88. The minimum atomic E-state index is -0.0230. The van der Waals surface area contributed by atoms with E-state index < -0.39 is 0 Å². The Morgan fingerprint density at radius 2 is 1.90 bits per heavy atom. The predicted molar refractivity (Wildman–Crippen MR) is 125 cm³/mol. The molecule has 29 heavy (non-hydrogen) atoms. The first kappa shape index (κ1) is 24.4. The van der Waals surface area contributed by atoms with Crippen LogP contribution in [0.3, 0.4) is 0 Å². The van der Waals surface area contributed by atoms with Gasteiger partial charge in [-0.25, -0.2) is 0 Å². The number of rotatable bonds is 10. The summed E-state index contributed by atoms with van der Waals surface area (Å²) in [7, 11) is 1.64. The van der Waals surface area contributed by atoms with E-state index in [4.69, 9.17) is 9.15 Å². The lowest BCUT2D eigenvalue weighted by atomic mass is 10.1. The molecule has 0 amide bonds. The van der Waals surface area contributed by atoms with Gasteiger partial charge in [-0.15, -0.1) is 0 Å². The van der Waals surface area contributed by atoms with Gasteiger partial charge in [-0.2, -0.15) is 11.8 Å². The largest absolute Gasteiger partial charge is 0.497 e. The third-order valence-electron chi connectivity index (χ3n) is 3.73. The summed E-state index contributed by atoms with van der Waals surface area (Å²) >= 11 is 1.63. The molecule has 0 spiro atoms. The number of methoxy groups -OCH3 is 1. The molecular weight excluding hydrogens is 382 g/mol. The first-order valence-electron chi connectivity index (χ1n) is 9.62. The molecule has 2 rings (SSSR count). The SMILES string of the molecule is C=C/C=C(\C=C/Cc1ccc(NCc2cc(=O)cc(CSC)o2)cc1)OC.CC. The van der Waals surface area contributed by atoms with Crippen molar-refractivity contribution in [2.24, 2.45) is 0 Å². The highest BCUT2D eigenvalue weighted by atomic mass is 32.2. The smallest absolute Gasteiger partial charge is 0.185 e. The van der Waals surface area contributed by atoms with E-state index in [0.29, 0.717) is 23.8 Å². The van der Waals surface area contributed by atoms with Gasteiger partial charge in [0.1, 0.15) is 17.3 Å². The van der Waals surface area contributed by atoms with Crippen LogP contribution in [0.1, 0.15) is 30.9 Å². The number of hydrogen-bond acceptors (Lipinski definition) is 5. The number of anilines is 1. The summed E-state index contributed by atoms with van der Waals surface area (Å²) in [6.07, 6.45) is 10.3. The van der Waals surface area contributed by atoms with Gasteiger partial charge in [-0.3, -0.25) is 4.79 Å². The van der Waals surface area contributed by atoms with Gasteiger partial charge in [-0.05, 0) is 42.5 Å². The molecule has 0 aliphatic rings. The van der Waals surface area contributed by atoms with Crippen LogP contribution in [0.2, 0.25) is 0 Å². The zero-order chi connectivity index (χ0) is 21.5. The molecular formula is C24H31NO3S. The minimum absolute atomic E-state index is 0.0230. The number of allylic oxidation sites excluding steroid dienone is 4. The Morgan fingerprint density at radius 1 is 1.21 bits per heavy atom. The first-order chi connectivity index (χ1) is 14.1.